The second-order valence-electron chi connectivity index (χ2n) is 3.28. The van der Waals surface area contributed by atoms with E-state index < -0.39 is 0 Å². The minimum absolute atomic E-state index is 0.763. The van der Waals surface area contributed by atoms with Gasteiger partial charge in [-0.05, 0) is 19.1 Å². The van der Waals surface area contributed by atoms with Crippen LogP contribution in [0.2, 0.25) is 0 Å². The Morgan fingerprint density at radius 2 is 2.33 bits per heavy atom. The molecule has 2 aromatic heterocycles. The fourth-order valence-corrected chi connectivity index (χ4v) is 1.41. The van der Waals surface area contributed by atoms with Crippen molar-refractivity contribution in [3.63, 3.8) is 0 Å². The molecule has 15 heavy (non-hydrogen) atoms. The third-order valence-electron chi connectivity index (χ3n) is 2.07. The first-order valence-corrected chi connectivity index (χ1v) is 5.04. The van der Waals surface area contributed by atoms with Crippen molar-refractivity contribution in [2.45, 2.75) is 13.5 Å². The predicted molar refractivity (Wildman–Crippen MR) is 59.7 cm³/mol. The van der Waals surface area contributed by atoms with Crippen LogP contribution in [0.3, 0.4) is 0 Å². The first-order valence-electron chi connectivity index (χ1n) is 5.04. The summed E-state index contributed by atoms with van der Waals surface area (Å²) in [6, 6.07) is 6.00. The maximum atomic E-state index is 4.48. The van der Waals surface area contributed by atoms with E-state index >= 15 is 0 Å². The Balaban J connectivity index is 2.11. The van der Waals surface area contributed by atoms with Crippen molar-refractivity contribution in [2.75, 3.05) is 11.9 Å². The van der Waals surface area contributed by atoms with Crippen LogP contribution in [-0.2, 0) is 6.54 Å². The van der Waals surface area contributed by atoms with Gasteiger partial charge in [0.1, 0.15) is 5.82 Å². The van der Waals surface area contributed by atoms with Crippen LogP contribution in [0.5, 0.6) is 0 Å². The molecule has 0 radical (unpaired) electrons. The Bertz CT molecular complexity index is 408. The maximum Gasteiger partial charge on any atom is 0.126 e. The average molecular weight is 202 g/mol. The number of nitrogens with one attached hydrogen (secondary N) is 1. The van der Waals surface area contributed by atoms with Gasteiger partial charge in [0.05, 0.1) is 18.6 Å². The molecule has 0 bridgehead atoms. The van der Waals surface area contributed by atoms with E-state index in [-0.39, 0.29) is 0 Å². The van der Waals surface area contributed by atoms with Crippen LogP contribution in [-0.4, -0.2) is 21.1 Å². The van der Waals surface area contributed by atoms with E-state index in [4.69, 9.17) is 0 Å². The summed E-state index contributed by atoms with van der Waals surface area (Å²) in [7, 11) is 0. The van der Waals surface area contributed by atoms with E-state index in [9.17, 15) is 0 Å². The quantitative estimate of drug-likeness (QED) is 0.821. The second kappa shape index (κ2) is 4.59. The first kappa shape index (κ1) is 9.71. The number of aromatic nitrogens is 3. The summed E-state index contributed by atoms with van der Waals surface area (Å²) in [5, 5.41) is 3.19. The molecule has 0 atom stereocenters. The summed E-state index contributed by atoms with van der Waals surface area (Å²) < 4.78 is 2.00. The van der Waals surface area contributed by atoms with Crippen LogP contribution in [0, 0.1) is 0 Å². The van der Waals surface area contributed by atoms with Gasteiger partial charge in [0.25, 0.3) is 0 Å². The zero-order chi connectivity index (χ0) is 10.5. The van der Waals surface area contributed by atoms with Crippen LogP contribution in [0.4, 0.5) is 5.82 Å². The summed E-state index contributed by atoms with van der Waals surface area (Å²) in [6.45, 7) is 3.71. The van der Waals surface area contributed by atoms with Crippen LogP contribution in [0.1, 0.15) is 12.6 Å². The minimum atomic E-state index is 0.763. The molecule has 4 heteroatoms. The smallest absolute Gasteiger partial charge is 0.126 e. The van der Waals surface area contributed by atoms with Crippen molar-refractivity contribution >= 4 is 5.82 Å². The molecule has 0 aliphatic heterocycles. The molecule has 0 aliphatic carbocycles. The topological polar surface area (TPSA) is 42.7 Å². The molecule has 2 aromatic rings. The maximum absolute atomic E-state index is 4.48. The Kier molecular flexibility index (Phi) is 2.97. The van der Waals surface area contributed by atoms with Gasteiger partial charge in [-0.25, -0.2) is 9.97 Å². The van der Waals surface area contributed by atoms with E-state index in [0.29, 0.717) is 0 Å². The Hall–Kier alpha value is -1.84. The summed E-state index contributed by atoms with van der Waals surface area (Å²) in [5.41, 5.74) is 1.03. The summed E-state index contributed by atoms with van der Waals surface area (Å²) >= 11 is 0. The fourth-order valence-electron chi connectivity index (χ4n) is 1.41. The van der Waals surface area contributed by atoms with Gasteiger partial charge < -0.3 is 9.88 Å². The molecule has 2 heterocycles. The summed E-state index contributed by atoms with van der Waals surface area (Å²) in [5.74, 6) is 0.926. The lowest BCUT2D eigenvalue weighted by atomic mass is 10.3. The Morgan fingerprint density at radius 3 is 3.07 bits per heavy atom. The predicted octanol–water partition coefficient (Wildman–Crippen LogP) is 1.76. The highest BCUT2D eigenvalue weighted by Gasteiger charge is 1.97. The number of nitrogens with zero attached hydrogens (tertiary/aromatic N) is 3. The number of rotatable bonds is 4. The molecule has 1 N–H and O–H groups in total. The molecule has 0 aromatic carbocycles. The lowest BCUT2D eigenvalue weighted by Gasteiger charge is -2.05. The van der Waals surface area contributed by atoms with Crippen LogP contribution in [0.25, 0.3) is 0 Å². The zero-order valence-electron chi connectivity index (χ0n) is 8.72. The minimum Gasteiger partial charge on any atom is -0.370 e. The number of hydrogen-bond donors (Lipinski definition) is 1. The highest BCUT2D eigenvalue weighted by molar-refractivity contribution is 5.35. The largest absolute Gasteiger partial charge is 0.370 e. The van der Waals surface area contributed by atoms with Gasteiger partial charge in [0, 0.05) is 18.9 Å². The van der Waals surface area contributed by atoms with E-state index in [0.717, 1.165) is 24.6 Å². The molecule has 0 spiro atoms. The first-order chi connectivity index (χ1) is 7.38. The molecule has 2 rings (SSSR count). The Morgan fingerprint density at radius 1 is 1.40 bits per heavy atom. The number of imidazole rings is 1. The SMILES string of the molecule is CCNc1cccc(Cn2ccnc2)n1. The lowest BCUT2D eigenvalue weighted by Crippen LogP contribution is -2.03. The molecule has 78 valence electrons. The van der Waals surface area contributed by atoms with Crippen molar-refractivity contribution in [1.82, 2.24) is 14.5 Å². The van der Waals surface area contributed by atoms with Crippen molar-refractivity contribution in [1.29, 1.82) is 0 Å². The average Bonchev–Trinajstić information content (AvgIpc) is 2.71. The van der Waals surface area contributed by atoms with Gasteiger partial charge in [0.2, 0.25) is 0 Å². The van der Waals surface area contributed by atoms with Crippen molar-refractivity contribution in [3.8, 4) is 0 Å². The molecule has 4 nitrogen and oxygen atoms in total. The number of hydrogen-bond acceptors (Lipinski definition) is 3. The summed E-state index contributed by atoms with van der Waals surface area (Å²) in [4.78, 5) is 8.47. The van der Waals surface area contributed by atoms with Gasteiger partial charge in [-0.15, -0.1) is 0 Å². The van der Waals surface area contributed by atoms with Crippen molar-refractivity contribution in [3.05, 3.63) is 42.6 Å². The monoisotopic (exact) mass is 202 g/mol. The third kappa shape index (κ3) is 2.56. The molecule has 0 saturated carbocycles. The van der Waals surface area contributed by atoms with Crippen LogP contribution >= 0.6 is 0 Å². The highest BCUT2D eigenvalue weighted by Crippen LogP contribution is 2.05. The van der Waals surface area contributed by atoms with E-state index in [1.807, 2.05) is 29.0 Å². The standard InChI is InChI=1S/C11H14N4/c1-2-13-11-5-3-4-10(14-11)8-15-7-6-12-9-15/h3-7,9H,2,8H2,1H3,(H,13,14). The normalized spacial score (nSPS) is 10.2. The number of pyridine rings is 1. The van der Waals surface area contributed by atoms with Crippen LogP contribution < -0.4 is 5.32 Å². The van der Waals surface area contributed by atoms with E-state index in [1.54, 1.807) is 12.5 Å². The zero-order valence-corrected chi connectivity index (χ0v) is 8.72. The van der Waals surface area contributed by atoms with Crippen molar-refractivity contribution < 1.29 is 0 Å². The second-order valence-corrected chi connectivity index (χ2v) is 3.28. The van der Waals surface area contributed by atoms with Gasteiger partial charge in [-0.3, -0.25) is 0 Å². The van der Waals surface area contributed by atoms with Gasteiger partial charge >= 0.3 is 0 Å². The molecule has 0 amide bonds. The third-order valence-corrected chi connectivity index (χ3v) is 2.07. The van der Waals surface area contributed by atoms with Crippen LogP contribution in [0.15, 0.2) is 36.9 Å². The molecular formula is C11H14N4. The fraction of sp³-hybridized carbons (Fsp3) is 0.273. The molecular weight excluding hydrogens is 188 g/mol. The van der Waals surface area contributed by atoms with E-state index in [1.165, 1.54) is 0 Å². The molecule has 0 aliphatic rings. The molecule has 0 unspecified atom stereocenters. The summed E-state index contributed by atoms with van der Waals surface area (Å²) in [6.07, 6.45) is 5.50. The van der Waals surface area contributed by atoms with Gasteiger partial charge in [0.15, 0.2) is 0 Å². The molecule has 0 saturated heterocycles. The van der Waals surface area contributed by atoms with Crippen molar-refractivity contribution in [2.24, 2.45) is 0 Å². The van der Waals surface area contributed by atoms with E-state index in [2.05, 4.69) is 22.2 Å². The number of anilines is 1. The highest BCUT2D eigenvalue weighted by atomic mass is 15.0. The Labute approximate surface area is 89.0 Å². The lowest BCUT2D eigenvalue weighted by molar-refractivity contribution is 0.773. The van der Waals surface area contributed by atoms with Gasteiger partial charge in [-0.2, -0.15) is 0 Å². The van der Waals surface area contributed by atoms with Gasteiger partial charge in [-0.1, -0.05) is 6.07 Å². The molecule has 0 fully saturated rings.